The van der Waals surface area contributed by atoms with Gasteiger partial charge in [0.15, 0.2) is 5.82 Å². The van der Waals surface area contributed by atoms with Crippen LogP contribution in [0, 0.1) is 5.92 Å². The lowest BCUT2D eigenvalue weighted by Gasteiger charge is -2.22. The first kappa shape index (κ1) is 14.3. The average Bonchev–Trinajstić information content (AvgIpc) is 2.66. The van der Waals surface area contributed by atoms with Crippen LogP contribution in [0.2, 0.25) is 0 Å². The Bertz CT molecular complexity index is 407. The Morgan fingerprint density at radius 1 is 1.26 bits per heavy atom. The molecule has 106 valence electrons. The third kappa shape index (κ3) is 3.90. The molecule has 0 spiro atoms. The van der Waals surface area contributed by atoms with Crippen molar-refractivity contribution in [3.8, 4) is 0 Å². The maximum atomic E-state index is 4.38. The lowest BCUT2D eigenvalue weighted by Crippen LogP contribution is -2.35. The molecule has 0 bridgehead atoms. The fraction of sp³-hybridized carbons (Fsp3) is 0.733. The summed E-state index contributed by atoms with van der Waals surface area (Å²) in [6.45, 7) is 12.9. The van der Waals surface area contributed by atoms with Crippen LogP contribution in [-0.2, 0) is 6.54 Å². The van der Waals surface area contributed by atoms with Crippen molar-refractivity contribution in [3.63, 3.8) is 0 Å². The monoisotopic (exact) mass is 262 g/mol. The molecule has 0 radical (unpaired) electrons. The van der Waals surface area contributed by atoms with Crippen LogP contribution in [0.3, 0.4) is 0 Å². The smallest absolute Gasteiger partial charge is 0.151 e. The highest BCUT2D eigenvalue weighted by atomic mass is 15.3. The first-order valence-corrected chi connectivity index (χ1v) is 7.19. The van der Waals surface area contributed by atoms with Crippen molar-refractivity contribution in [2.75, 3.05) is 11.4 Å². The van der Waals surface area contributed by atoms with E-state index in [1.54, 1.807) is 0 Å². The Hall–Kier alpha value is -1.16. The van der Waals surface area contributed by atoms with E-state index in [-0.39, 0.29) is 5.54 Å². The summed E-state index contributed by atoms with van der Waals surface area (Å²) in [5.41, 5.74) is 1.11. The van der Waals surface area contributed by atoms with Crippen molar-refractivity contribution in [2.45, 2.75) is 59.2 Å². The van der Waals surface area contributed by atoms with Gasteiger partial charge in [-0.15, -0.1) is 5.10 Å². The zero-order chi connectivity index (χ0) is 14.0. The summed E-state index contributed by atoms with van der Waals surface area (Å²) in [6, 6.07) is 4.75. The first-order chi connectivity index (χ1) is 8.85. The number of hydrogen-bond acceptors (Lipinski definition) is 4. The van der Waals surface area contributed by atoms with Gasteiger partial charge in [-0.25, -0.2) is 0 Å². The lowest BCUT2D eigenvalue weighted by atomic mass is 10.1. The van der Waals surface area contributed by atoms with E-state index in [9.17, 15) is 0 Å². The van der Waals surface area contributed by atoms with E-state index in [4.69, 9.17) is 0 Å². The molecule has 4 nitrogen and oxygen atoms in total. The summed E-state index contributed by atoms with van der Waals surface area (Å²) in [6.07, 6.45) is 1.25. The van der Waals surface area contributed by atoms with Crippen LogP contribution in [-0.4, -0.2) is 28.3 Å². The Balaban J connectivity index is 1.99. The number of rotatable bonds is 3. The number of anilines is 1. The third-order valence-electron chi connectivity index (χ3n) is 3.58. The molecule has 2 atom stereocenters. The molecule has 0 amide bonds. The minimum Gasteiger partial charge on any atom is -0.352 e. The molecule has 1 aliphatic rings. The minimum atomic E-state index is 0.110. The molecule has 2 heterocycles. The van der Waals surface area contributed by atoms with Crippen molar-refractivity contribution in [1.29, 1.82) is 0 Å². The largest absolute Gasteiger partial charge is 0.352 e. The van der Waals surface area contributed by atoms with E-state index in [0.29, 0.717) is 6.04 Å². The summed E-state index contributed by atoms with van der Waals surface area (Å²) < 4.78 is 0. The topological polar surface area (TPSA) is 41.0 Å². The molecule has 1 N–H and O–H groups in total. The van der Waals surface area contributed by atoms with Crippen LogP contribution in [0.5, 0.6) is 0 Å². The van der Waals surface area contributed by atoms with Gasteiger partial charge in [-0.3, -0.25) is 0 Å². The molecule has 1 fully saturated rings. The molecule has 19 heavy (non-hydrogen) atoms. The van der Waals surface area contributed by atoms with Gasteiger partial charge >= 0.3 is 0 Å². The van der Waals surface area contributed by atoms with Gasteiger partial charge < -0.3 is 10.2 Å². The lowest BCUT2D eigenvalue weighted by molar-refractivity contribution is 0.420. The standard InChI is InChI=1S/C15H26N4/c1-11-8-12(2)19(10-11)14-7-6-13(17-18-14)9-16-15(3,4)5/h6-7,11-12,16H,8-10H2,1-5H3. The summed E-state index contributed by atoms with van der Waals surface area (Å²) in [7, 11) is 0. The van der Waals surface area contributed by atoms with Crippen LogP contribution >= 0.6 is 0 Å². The van der Waals surface area contributed by atoms with Crippen LogP contribution in [0.4, 0.5) is 5.82 Å². The Morgan fingerprint density at radius 3 is 2.47 bits per heavy atom. The van der Waals surface area contributed by atoms with Gasteiger partial charge in [-0.2, -0.15) is 5.10 Å². The van der Waals surface area contributed by atoms with Crippen LogP contribution in [0.25, 0.3) is 0 Å². The van der Waals surface area contributed by atoms with Gasteiger partial charge in [0.25, 0.3) is 0 Å². The molecule has 1 aliphatic heterocycles. The van der Waals surface area contributed by atoms with E-state index >= 15 is 0 Å². The maximum absolute atomic E-state index is 4.38. The third-order valence-corrected chi connectivity index (χ3v) is 3.58. The Labute approximate surface area is 116 Å². The summed E-state index contributed by atoms with van der Waals surface area (Å²) in [5, 5.41) is 12.1. The van der Waals surface area contributed by atoms with E-state index < -0.39 is 0 Å². The highest BCUT2D eigenvalue weighted by Gasteiger charge is 2.27. The predicted molar refractivity (Wildman–Crippen MR) is 79.2 cm³/mol. The number of aromatic nitrogens is 2. The van der Waals surface area contributed by atoms with Gasteiger partial charge in [0.1, 0.15) is 0 Å². The highest BCUT2D eigenvalue weighted by molar-refractivity contribution is 5.40. The number of nitrogens with one attached hydrogen (secondary N) is 1. The number of hydrogen-bond donors (Lipinski definition) is 1. The average molecular weight is 262 g/mol. The van der Waals surface area contributed by atoms with E-state index in [2.05, 4.69) is 67.2 Å². The van der Waals surface area contributed by atoms with Gasteiger partial charge in [0.05, 0.1) is 5.69 Å². The molecule has 2 unspecified atom stereocenters. The van der Waals surface area contributed by atoms with Crippen LogP contribution in [0.15, 0.2) is 12.1 Å². The van der Waals surface area contributed by atoms with E-state index in [1.165, 1.54) is 6.42 Å². The molecule has 4 heteroatoms. The van der Waals surface area contributed by atoms with Crippen LogP contribution < -0.4 is 10.2 Å². The van der Waals surface area contributed by atoms with Crippen molar-refractivity contribution < 1.29 is 0 Å². The molecule has 1 aromatic heterocycles. The Kier molecular flexibility index (Phi) is 4.09. The van der Waals surface area contributed by atoms with Crippen LogP contribution in [0.1, 0.15) is 46.7 Å². The zero-order valence-electron chi connectivity index (χ0n) is 12.8. The molecular formula is C15H26N4. The molecule has 1 aromatic rings. The predicted octanol–water partition coefficient (Wildman–Crippen LogP) is 2.60. The zero-order valence-corrected chi connectivity index (χ0v) is 12.8. The van der Waals surface area contributed by atoms with Crippen molar-refractivity contribution in [1.82, 2.24) is 15.5 Å². The van der Waals surface area contributed by atoms with Gasteiger partial charge in [-0.05, 0) is 52.2 Å². The number of nitrogens with zero attached hydrogens (tertiary/aromatic N) is 3. The maximum Gasteiger partial charge on any atom is 0.151 e. The summed E-state index contributed by atoms with van der Waals surface area (Å²) in [5.74, 6) is 1.76. The van der Waals surface area contributed by atoms with Crippen molar-refractivity contribution >= 4 is 5.82 Å². The van der Waals surface area contributed by atoms with Gasteiger partial charge in [-0.1, -0.05) is 6.92 Å². The highest BCUT2D eigenvalue weighted by Crippen LogP contribution is 2.26. The summed E-state index contributed by atoms with van der Waals surface area (Å²) >= 11 is 0. The molecule has 2 rings (SSSR count). The second-order valence-electron chi connectivity index (χ2n) is 6.83. The SMILES string of the molecule is CC1CC(C)N(c2ccc(CNC(C)(C)C)nn2)C1. The second-order valence-corrected chi connectivity index (χ2v) is 6.83. The Morgan fingerprint density at radius 2 is 2.00 bits per heavy atom. The molecule has 0 aromatic carbocycles. The van der Waals surface area contributed by atoms with E-state index in [0.717, 1.165) is 30.5 Å². The normalized spacial score (nSPS) is 23.9. The van der Waals surface area contributed by atoms with Gasteiger partial charge in [0.2, 0.25) is 0 Å². The first-order valence-electron chi connectivity index (χ1n) is 7.19. The fourth-order valence-corrected chi connectivity index (χ4v) is 2.58. The van der Waals surface area contributed by atoms with E-state index in [1.807, 2.05) is 0 Å². The summed E-state index contributed by atoms with van der Waals surface area (Å²) in [4.78, 5) is 2.36. The molecule has 0 saturated carbocycles. The molecule has 0 aliphatic carbocycles. The minimum absolute atomic E-state index is 0.110. The quantitative estimate of drug-likeness (QED) is 0.909. The van der Waals surface area contributed by atoms with Crippen molar-refractivity contribution in [3.05, 3.63) is 17.8 Å². The molecule has 1 saturated heterocycles. The fourth-order valence-electron chi connectivity index (χ4n) is 2.58. The second kappa shape index (κ2) is 5.45. The van der Waals surface area contributed by atoms with Crippen molar-refractivity contribution in [2.24, 2.45) is 5.92 Å². The molecular weight excluding hydrogens is 236 g/mol. The van der Waals surface area contributed by atoms with Gasteiger partial charge in [0, 0.05) is 24.7 Å².